The van der Waals surface area contributed by atoms with Gasteiger partial charge in [0.25, 0.3) is 0 Å². The van der Waals surface area contributed by atoms with Gasteiger partial charge in [0.05, 0.1) is 0 Å². The van der Waals surface area contributed by atoms with Gasteiger partial charge in [0.15, 0.2) is 0 Å². The third-order valence-electron chi connectivity index (χ3n) is 3.22. The molecule has 1 aliphatic rings. The molecule has 1 saturated heterocycles. The van der Waals surface area contributed by atoms with Gasteiger partial charge in [0.1, 0.15) is 0 Å². The number of likely N-dealkylation sites (N-methyl/N-ethyl adjacent to an activating group) is 1. The number of hydrogen-bond donors (Lipinski definition) is 0. The van der Waals surface area contributed by atoms with Crippen LogP contribution in [0.25, 0.3) is 0 Å². The summed E-state index contributed by atoms with van der Waals surface area (Å²) in [4.78, 5) is 3.77. The summed E-state index contributed by atoms with van der Waals surface area (Å²) >= 11 is 1.90. The fraction of sp³-hybridized carbons (Fsp3) is 0.571. The van der Waals surface area contributed by atoms with E-state index in [1.807, 2.05) is 11.9 Å². The Kier molecular flexibility index (Phi) is 4.48. The first kappa shape index (κ1) is 12.9. The van der Waals surface area contributed by atoms with Crippen molar-refractivity contribution in [3.05, 3.63) is 29.8 Å². The molecule has 1 aromatic rings. The monoisotopic (exact) mass is 250 g/mol. The molecule has 94 valence electrons. The quantitative estimate of drug-likeness (QED) is 0.761. The summed E-state index contributed by atoms with van der Waals surface area (Å²) in [6.07, 6.45) is 0. The molecule has 2 nitrogen and oxygen atoms in total. The van der Waals surface area contributed by atoms with Crippen LogP contribution in [0.4, 0.5) is 0 Å². The van der Waals surface area contributed by atoms with E-state index in [-0.39, 0.29) is 0 Å². The summed E-state index contributed by atoms with van der Waals surface area (Å²) in [5.74, 6) is 0.614. The van der Waals surface area contributed by atoms with Gasteiger partial charge in [0, 0.05) is 31.1 Å². The van der Waals surface area contributed by atoms with Gasteiger partial charge in [-0.15, -0.1) is 0 Å². The zero-order chi connectivity index (χ0) is 12.3. The van der Waals surface area contributed by atoms with Crippen LogP contribution in [0.2, 0.25) is 0 Å². The third kappa shape index (κ3) is 3.73. The molecule has 3 heteroatoms. The van der Waals surface area contributed by atoms with Crippen LogP contribution in [0.15, 0.2) is 29.2 Å². The standard InChI is InChI=1S/C14H22N2S/c1-12(2)13-5-4-6-14(11-13)17-16-9-7-15(3)8-10-16/h4-6,11-12H,7-10H2,1-3H3. The van der Waals surface area contributed by atoms with E-state index in [4.69, 9.17) is 0 Å². The minimum atomic E-state index is 0.614. The SMILES string of the molecule is CC(C)c1cccc(SN2CCN(C)CC2)c1. The number of rotatable bonds is 3. The van der Waals surface area contributed by atoms with Crippen molar-refractivity contribution in [2.24, 2.45) is 0 Å². The molecular formula is C14H22N2S. The molecule has 0 bridgehead atoms. The Morgan fingerprint density at radius 1 is 1.12 bits per heavy atom. The second kappa shape index (κ2) is 5.89. The van der Waals surface area contributed by atoms with Gasteiger partial charge in [-0.3, -0.25) is 0 Å². The molecule has 1 heterocycles. The molecule has 0 unspecified atom stereocenters. The summed E-state index contributed by atoms with van der Waals surface area (Å²) in [5.41, 5.74) is 1.43. The molecule has 0 aromatic heterocycles. The Morgan fingerprint density at radius 3 is 2.47 bits per heavy atom. The smallest absolute Gasteiger partial charge is 0.0233 e. The number of hydrogen-bond acceptors (Lipinski definition) is 3. The highest BCUT2D eigenvalue weighted by molar-refractivity contribution is 7.97. The van der Waals surface area contributed by atoms with E-state index in [0.29, 0.717) is 5.92 Å². The fourth-order valence-electron chi connectivity index (χ4n) is 1.96. The van der Waals surface area contributed by atoms with E-state index in [9.17, 15) is 0 Å². The first-order valence-electron chi connectivity index (χ1n) is 6.36. The average molecular weight is 250 g/mol. The second-order valence-corrected chi connectivity index (χ2v) is 6.22. The summed E-state index contributed by atoms with van der Waals surface area (Å²) < 4.78 is 2.47. The number of nitrogens with zero attached hydrogens (tertiary/aromatic N) is 2. The van der Waals surface area contributed by atoms with Crippen molar-refractivity contribution in [1.29, 1.82) is 0 Å². The average Bonchev–Trinajstić information content (AvgIpc) is 2.32. The van der Waals surface area contributed by atoms with Crippen molar-refractivity contribution in [3.63, 3.8) is 0 Å². The minimum Gasteiger partial charge on any atom is -0.304 e. The molecule has 0 atom stereocenters. The van der Waals surface area contributed by atoms with Gasteiger partial charge in [-0.1, -0.05) is 26.0 Å². The predicted molar refractivity (Wildman–Crippen MR) is 75.5 cm³/mol. The van der Waals surface area contributed by atoms with Crippen LogP contribution in [0.3, 0.4) is 0 Å². The Hall–Kier alpha value is -0.510. The first-order valence-corrected chi connectivity index (χ1v) is 7.14. The molecular weight excluding hydrogens is 228 g/mol. The van der Waals surface area contributed by atoms with Crippen LogP contribution in [-0.4, -0.2) is 42.4 Å². The third-order valence-corrected chi connectivity index (χ3v) is 4.31. The Bertz CT molecular complexity index is 357. The van der Waals surface area contributed by atoms with E-state index < -0.39 is 0 Å². The van der Waals surface area contributed by atoms with Crippen molar-refractivity contribution < 1.29 is 0 Å². The molecule has 0 amide bonds. The van der Waals surface area contributed by atoms with Gasteiger partial charge < -0.3 is 4.90 Å². The highest BCUT2D eigenvalue weighted by atomic mass is 32.2. The van der Waals surface area contributed by atoms with Crippen molar-refractivity contribution in [1.82, 2.24) is 9.21 Å². The highest BCUT2D eigenvalue weighted by Crippen LogP contribution is 2.26. The first-order chi connectivity index (χ1) is 8.15. The lowest BCUT2D eigenvalue weighted by atomic mass is 10.0. The maximum Gasteiger partial charge on any atom is 0.0233 e. The van der Waals surface area contributed by atoms with Gasteiger partial charge in [-0.2, -0.15) is 0 Å². The Labute approximate surface area is 109 Å². The zero-order valence-electron chi connectivity index (χ0n) is 11.0. The maximum atomic E-state index is 2.47. The predicted octanol–water partition coefficient (Wildman–Crippen LogP) is 3.06. The maximum absolute atomic E-state index is 2.47. The van der Waals surface area contributed by atoms with E-state index in [1.165, 1.54) is 23.5 Å². The number of benzene rings is 1. The molecule has 17 heavy (non-hydrogen) atoms. The van der Waals surface area contributed by atoms with E-state index in [1.54, 1.807) is 0 Å². The van der Waals surface area contributed by atoms with Gasteiger partial charge >= 0.3 is 0 Å². The van der Waals surface area contributed by atoms with Gasteiger partial charge in [0.2, 0.25) is 0 Å². The lowest BCUT2D eigenvalue weighted by Crippen LogP contribution is -2.40. The Morgan fingerprint density at radius 2 is 1.82 bits per heavy atom. The highest BCUT2D eigenvalue weighted by Gasteiger charge is 2.14. The van der Waals surface area contributed by atoms with Crippen LogP contribution < -0.4 is 0 Å². The summed E-state index contributed by atoms with van der Waals surface area (Å²) in [7, 11) is 2.20. The van der Waals surface area contributed by atoms with Crippen LogP contribution in [0.5, 0.6) is 0 Å². The van der Waals surface area contributed by atoms with Crippen molar-refractivity contribution >= 4 is 11.9 Å². The minimum absolute atomic E-state index is 0.614. The molecule has 1 fully saturated rings. The summed E-state index contributed by atoms with van der Waals surface area (Å²) in [6.45, 7) is 9.17. The van der Waals surface area contributed by atoms with Crippen LogP contribution in [-0.2, 0) is 0 Å². The van der Waals surface area contributed by atoms with E-state index >= 15 is 0 Å². The molecule has 1 aliphatic heterocycles. The second-order valence-electron chi connectivity index (χ2n) is 5.05. The van der Waals surface area contributed by atoms with Crippen molar-refractivity contribution in [2.45, 2.75) is 24.7 Å². The van der Waals surface area contributed by atoms with Gasteiger partial charge in [-0.25, -0.2) is 4.31 Å². The fourth-order valence-corrected chi connectivity index (χ4v) is 2.93. The number of piperazine rings is 1. The van der Waals surface area contributed by atoms with Crippen LogP contribution in [0.1, 0.15) is 25.3 Å². The van der Waals surface area contributed by atoms with Crippen molar-refractivity contribution in [3.8, 4) is 0 Å². The normalized spacial score (nSPS) is 18.8. The Balaban J connectivity index is 1.96. The molecule has 0 aliphatic carbocycles. The topological polar surface area (TPSA) is 6.48 Å². The lowest BCUT2D eigenvalue weighted by molar-refractivity contribution is 0.233. The van der Waals surface area contributed by atoms with Gasteiger partial charge in [-0.05, 0) is 42.6 Å². The van der Waals surface area contributed by atoms with E-state index in [0.717, 1.165) is 13.1 Å². The van der Waals surface area contributed by atoms with Crippen molar-refractivity contribution in [2.75, 3.05) is 33.2 Å². The largest absolute Gasteiger partial charge is 0.304 e. The molecule has 2 rings (SSSR count). The summed E-state index contributed by atoms with van der Waals surface area (Å²) in [5, 5.41) is 0. The zero-order valence-corrected chi connectivity index (χ0v) is 11.8. The van der Waals surface area contributed by atoms with Crippen LogP contribution in [0, 0.1) is 0 Å². The molecule has 0 spiro atoms. The lowest BCUT2D eigenvalue weighted by Gasteiger charge is -2.31. The molecule has 0 radical (unpaired) electrons. The molecule has 1 aromatic carbocycles. The molecule has 0 saturated carbocycles. The van der Waals surface area contributed by atoms with Crippen LogP contribution >= 0.6 is 11.9 Å². The van der Waals surface area contributed by atoms with E-state index in [2.05, 4.69) is 54.4 Å². The summed E-state index contributed by atoms with van der Waals surface area (Å²) in [6, 6.07) is 8.94. The molecule has 0 N–H and O–H groups in total.